The summed E-state index contributed by atoms with van der Waals surface area (Å²) in [6.45, 7) is 4.45. The predicted molar refractivity (Wildman–Crippen MR) is 98.7 cm³/mol. The van der Waals surface area contributed by atoms with Gasteiger partial charge in [0.05, 0.1) is 11.1 Å². The van der Waals surface area contributed by atoms with E-state index in [-0.39, 0.29) is 30.1 Å². The molecule has 1 aliphatic heterocycles. The van der Waals surface area contributed by atoms with E-state index in [0.717, 1.165) is 12.8 Å². The topological polar surface area (TPSA) is 88.3 Å². The monoisotopic (exact) mass is 386 g/mol. The van der Waals surface area contributed by atoms with Gasteiger partial charge in [0.15, 0.2) is 0 Å². The molecular formula is C20H23FN4O3. The zero-order valence-corrected chi connectivity index (χ0v) is 15.9. The van der Waals surface area contributed by atoms with Crippen LogP contribution in [0, 0.1) is 17.2 Å². The number of carbonyl (C=O) groups excluding carboxylic acids is 1. The molecule has 1 N–H and O–H groups in total. The number of carbonyl (C=O) groups is 2. The summed E-state index contributed by atoms with van der Waals surface area (Å²) in [7, 11) is 0. The van der Waals surface area contributed by atoms with Crippen LogP contribution in [-0.2, 0) is 4.79 Å². The lowest BCUT2D eigenvalue weighted by molar-refractivity contribution is -0.149. The Hall–Kier alpha value is -2.77. The Labute approximate surface area is 162 Å². The van der Waals surface area contributed by atoms with Gasteiger partial charge in [-0.2, -0.15) is 0 Å². The minimum Gasteiger partial charge on any atom is -0.481 e. The van der Waals surface area contributed by atoms with E-state index in [1.54, 1.807) is 17.0 Å². The second kappa shape index (κ2) is 6.68. The lowest BCUT2D eigenvalue weighted by atomic mass is 9.81. The highest BCUT2D eigenvalue weighted by atomic mass is 19.1. The lowest BCUT2D eigenvalue weighted by Gasteiger charge is -2.22. The summed E-state index contributed by atoms with van der Waals surface area (Å²) in [6.07, 6.45) is 2.29. The molecule has 2 aliphatic rings. The van der Waals surface area contributed by atoms with Crippen molar-refractivity contribution in [2.75, 3.05) is 13.1 Å². The van der Waals surface area contributed by atoms with Crippen molar-refractivity contribution in [3.8, 4) is 5.69 Å². The molecule has 4 rings (SSSR count). The van der Waals surface area contributed by atoms with E-state index in [1.807, 2.05) is 13.8 Å². The van der Waals surface area contributed by atoms with Crippen LogP contribution in [-0.4, -0.2) is 49.7 Å². The fourth-order valence-electron chi connectivity index (χ4n) is 4.52. The van der Waals surface area contributed by atoms with Gasteiger partial charge in [0.2, 0.25) is 5.82 Å². The number of carboxylic acid groups (broad SMARTS) is 1. The molecule has 7 nitrogen and oxygen atoms in total. The predicted octanol–water partition coefficient (Wildman–Crippen LogP) is 2.86. The summed E-state index contributed by atoms with van der Waals surface area (Å²) in [6, 6.07) is 5.97. The van der Waals surface area contributed by atoms with Gasteiger partial charge in [0.1, 0.15) is 11.6 Å². The van der Waals surface area contributed by atoms with Crippen molar-refractivity contribution < 1.29 is 19.1 Å². The third kappa shape index (κ3) is 2.87. The molecule has 1 aromatic carbocycles. The maximum Gasteiger partial charge on any atom is 0.311 e. The summed E-state index contributed by atoms with van der Waals surface area (Å²) < 4.78 is 15.1. The lowest BCUT2D eigenvalue weighted by Crippen LogP contribution is -2.37. The standard InChI is InChI=1S/C20H23FN4O3/c1-12(2)17-22-16(23-25(17)15-7-3-6-14(21)9-15)18(26)24-10-13-5-4-8-20(13,11-24)19(27)28/h3,6-7,9,12-13H,4-5,8,10-11H2,1-2H3,(H,27,28)/t13-,20+/m0/s1. The van der Waals surface area contributed by atoms with Crippen molar-refractivity contribution in [1.82, 2.24) is 19.7 Å². The van der Waals surface area contributed by atoms with Gasteiger partial charge in [0.25, 0.3) is 5.91 Å². The molecule has 1 saturated carbocycles. The summed E-state index contributed by atoms with van der Waals surface area (Å²) in [5.41, 5.74) is -0.350. The zero-order valence-electron chi connectivity index (χ0n) is 15.9. The summed E-state index contributed by atoms with van der Waals surface area (Å²) in [5, 5.41) is 14.1. The Kier molecular flexibility index (Phi) is 4.44. The second-order valence-electron chi connectivity index (χ2n) is 8.08. The molecule has 148 valence electrons. The van der Waals surface area contributed by atoms with Gasteiger partial charge in [-0.25, -0.2) is 14.1 Å². The van der Waals surface area contributed by atoms with Gasteiger partial charge in [-0.3, -0.25) is 9.59 Å². The summed E-state index contributed by atoms with van der Waals surface area (Å²) in [5.74, 6) is -1.07. The van der Waals surface area contributed by atoms with Crippen LogP contribution in [0.2, 0.25) is 0 Å². The quantitative estimate of drug-likeness (QED) is 0.873. The number of likely N-dealkylation sites (tertiary alicyclic amines) is 1. The van der Waals surface area contributed by atoms with Crippen LogP contribution < -0.4 is 0 Å². The Balaban J connectivity index is 1.66. The van der Waals surface area contributed by atoms with Crippen LogP contribution in [0.1, 0.15) is 55.5 Å². The molecule has 2 atom stereocenters. The third-order valence-corrected chi connectivity index (χ3v) is 5.98. The molecule has 0 bridgehead atoms. The number of nitrogens with zero attached hydrogens (tertiary/aromatic N) is 4. The van der Waals surface area contributed by atoms with E-state index in [9.17, 15) is 19.1 Å². The molecule has 2 fully saturated rings. The minimum absolute atomic E-state index is 0.0217. The number of fused-ring (bicyclic) bond motifs is 1. The van der Waals surface area contributed by atoms with Crippen molar-refractivity contribution in [2.24, 2.45) is 11.3 Å². The largest absolute Gasteiger partial charge is 0.481 e. The van der Waals surface area contributed by atoms with Crippen molar-refractivity contribution in [2.45, 2.75) is 39.0 Å². The number of aromatic nitrogens is 3. The normalized spacial score (nSPS) is 24.0. The molecule has 1 amide bonds. The third-order valence-electron chi connectivity index (χ3n) is 5.98. The first-order valence-corrected chi connectivity index (χ1v) is 9.57. The maximum atomic E-state index is 13.7. The van der Waals surface area contributed by atoms with Crippen LogP contribution in [0.3, 0.4) is 0 Å². The van der Waals surface area contributed by atoms with E-state index < -0.39 is 17.2 Å². The van der Waals surface area contributed by atoms with Crippen LogP contribution >= 0.6 is 0 Å². The Bertz CT molecular complexity index is 941. The van der Waals surface area contributed by atoms with Gasteiger partial charge >= 0.3 is 5.97 Å². The highest BCUT2D eigenvalue weighted by molar-refractivity contribution is 5.91. The number of hydrogen-bond acceptors (Lipinski definition) is 4. The van der Waals surface area contributed by atoms with E-state index in [2.05, 4.69) is 10.1 Å². The maximum absolute atomic E-state index is 13.7. The van der Waals surface area contributed by atoms with Crippen molar-refractivity contribution >= 4 is 11.9 Å². The molecular weight excluding hydrogens is 363 g/mol. The van der Waals surface area contributed by atoms with Gasteiger partial charge < -0.3 is 10.0 Å². The van der Waals surface area contributed by atoms with Crippen LogP contribution in [0.15, 0.2) is 24.3 Å². The van der Waals surface area contributed by atoms with Crippen LogP contribution in [0.5, 0.6) is 0 Å². The number of hydrogen-bond donors (Lipinski definition) is 1. The molecule has 0 spiro atoms. The average Bonchev–Trinajstić information content (AvgIpc) is 3.33. The van der Waals surface area contributed by atoms with E-state index in [4.69, 9.17) is 0 Å². The minimum atomic E-state index is -0.846. The number of benzene rings is 1. The molecule has 2 heterocycles. The van der Waals surface area contributed by atoms with E-state index in [1.165, 1.54) is 16.8 Å². The number of aliphatic carboxylic acids is 1. The molecule has 28 heavy (non-hydrogen) atoms. The van der Waals surface area contributed by atoms with Crippen LogP contribution in [0.25, 0.3) is 5.69 Å². The number of rotatable bonds is 4. The summed E-state index contributed by atoms with van der Waals surface area (Å²) >= 11 is 0. The number of amides is 1. The molecule has 1 aliphatic carbocycles. The second-order valence-corrected chi connectivity index (χ2v) is 8.08. The fourth-order valence-corrected chi connectivity index (χ4v) is 4.52. The van der Waals surface area contributed by atoms with Gasteiger partial charge in [-0.15, -0.1) is 5.10 Å². The average molecular weight is 386 g/mol. The van der Waals surface area contributed by atoms with E-state index >= 15 is 0 Å². The molecule has 2 aromatic rings. The molecule has 1 saturated heterocycles. The zero-order chi connectivity index (χ0) is 20.1. The first-order valence-electron chi connectivity index (χ1n) is 9.57. The SMILES string of the molecule is CC(C)c1nc(C(=O)N2C[C@@H]3CCC[C@@]3(C(=O)O)C2)nn1-c1cccc(F)c1. The summed E-state index contributed by atoms with van der Waals surface area (Å²) in [4.78, 5) is 30.9. The Morgan fingerprint density at radius 3 is 2.79 bits per heavy atom. The smallest absolute Gasteiger partial charge is 0.311 e. The Morgan fingerprint density at radius 1 is 1.36 bits per heavy atom. The highest BCUT2D eigenvalue weighted by Crippen LogP contribution is 2.49. The molecule has 0 radical (unpaired) electrons. The highest BCUT2D eigenvalue weighted by Gasteiger charge is 2.56. The first-order chi connectivity index (χ1) is 13.3. The van der Waals surface area contributed by atoms with E-state index in [0.29, 0.717) is 24.5 Å². The van der Waals surface area contributed by atoms with Crippen molar-refractivity contribution in [3.05, 3.63) is 41.7 Å². The van der Waals surface area contributed by atoms with Gasteiger partial charge in [-0.05, 0) is 37.0 Å². The van der Waals surface area contributed by atoms with Crippen molar-refractivity contribution in [3.63, 3.8) is 0 Å². The molecule has 8 heteroatoms. The number of carboxylic acids is 1. The van der Waals surface area contributed by atoms with Gasteiger partial charge in [0, 0.05) is 19.0 Å². The molecule has 1 aromatic heterocycles. The van der Waals surface area contributed by atoms with Gasteiger partial charge in [-0.1, -0.05) is 26.3 Å². The fraction of sp³-hybridized carbons (Fsp3) is 0.500. The van der Waals surface area contributed by atoms with Crippen molar-refractivity contribution in [1.29, 1.82) is 0 Å². The first kappa shape index (κ1) is 18.6. The van der Waals surface area contributed by atoms with Crippen LogP contribution in [0.4, 0.5) is 4.39 Å². The Morgan fingerprint density at radius 2 is 2.14 bits per heavy atom. The molecule has 0 unspecified atom stereocenters. The number of halogens is 1.